The number of thioether (sulfide) groups is 1. The molecular weight excluding hydrogens is 352 g/mol. The molecule has 0 saturated heterocycles. The minimum absolute atomic E-state index is 0.632. The lowest BCUT2D eigenvalue weighted by Gasteiger charge is -2.36. The van der Waals surface area contributed by atoms with Gasteiger partial charge >= 0.3 is 5.97 Å². The first-order chi connectivity index (χ1) is 12.1. The molecular formula is C19H14N2O2S2. The molecule has 25 heavy (non-hydrogen) atoms. The van der Waals surface area contributed by atoms with Crippen molar-refractivity contribution >= 4 is 39.3 Å². The maximum atomic E-state index is 11.7. The number of carbonyl (C=O) groups is 1. The second-order valence-corrected chi connectivity index (χ2v) is 8.54. The topological polar surface area (TPSA) is 74.0 Å². The van der Waals surface area contributed by atoms with Crippen LogP contribution < -0.4 is 0 Å². The fourth-order valence-corrected chi connectivity index (χ4v) is 5.42. The SMILES string of the molecule is N#Cc1ccc(-c2cc3c(SC4(C(=O)O)CCC4)ccnc3s2)cc1. The molecule has 1 aliphatic carbocycles. The maximum absolute atomic E-state index is 11.7. The second kappa shape index (κ2) is 6.17. The maximum Gasteiger partial charge on any atom is 0.320 e. The first kappa shape index (κ1) is 16.1. The molecule has 0 spiro atoms. The molecule has 0 radical (unpaired) electrons. The molecule has 1 saturated carbocycles. The lowest BCUT2D eigenvalue weighted by atomic mass is 9.84. The molecule has 1 aliphatic rings. The third-order valence-corrected chi connectivity index (χ3v) is 7.19. The van der Waals surface area contributed by atoms with Gasteiger partial charge in [-0.15, -0.1) is 23.1 Å². The number of aromatic nitrogens is 1. The molecule has 124 valence electrons. The van der Waals surface area contributed by atoms with Gasteiger partial charge in [-0.05, 0) is 49.1 Å². The van der Waals surface area contributed by atoms with Gasteiger partial charge in [0.15, 0.2) is 0 Å². The summed E-state index contributed by atoms with van der Waals surface area (Å²) in [7, 11) is 0. The Hall–Kier alpha value is -2.36. The van der Waals surface area contributed by atoms with Crippen LogP contribution in [0, 0.1) is 11.3 Å². The van der Waals surface area contributed by atoms with Gasteiger partial charge in [0.05, 0.1) is 11.6 Å². The minimum Gasteiger partial charge on any atom is -0.480 e. The number of hydrogen-bond donors (Lipinski definition) is 1. The fraction of sp³-hybridized carbons (Fsp3) is 0.211. The number of benzene rings is 1. The highest BCUT2D eigenvalue weighted by Crippen LogP contribution is 2.50. The Balaban J connectivity index is 1.73. The molecule has 0 aliphatic heterocycles. The molecule has 0 unspecified atom stereocenters. The Morgan fingerprint density at radius 1 is 1.28 bits per heavy atom. The highest BCUT2D eigenvalue weighted by molar-refractivity contribution is 8.01. The van der Waals surface area contributed by atoms with Gasteiger partial charge in [0, 0.05) is 21.4 Å². The van der Waals surface area contributed by atoms with Crippen LogP contribution in [-0.4, -0.2) is 20.8 Å². The number of carboxylic acids is 1. The molecule has 0 bridgehead atoms. The quantitative estimate of drug-likeness (QED) is 0.708. The summed E-state index contributed by atoms with van der Waals surface area (Å²) >= 11 is 3.04. The third kappa shape index (κ3) is 2.80. The van der Waals surface area contributed by atoms with Crippen molar-refractivity contribution in [2.24, 2.45) is 0 Å². The van der Waals surface area contributed by atoms with Crippen LogP contribution in [0.25, 0.3) is 20.7 Å². The molecule has 0 atom stereocenters. The average Bonchev–Trinajstić information content (AvgIpc) is 3.03. The van der Waals surface area contributed by atoms with Crippen LogP contribution in [0.4, 0.5) is 0 Å². The summed E-state index contributed by atoms with van der Waals surface area (Å²) in [5.41, 5.74) is 1.67. The average molecular weight is 366 g/mol. The molecule has 2 aromatic heterocycles. The predicted molar refractivity (Wildman–Crippen MR) is 99.8 cm³/mol. The molecule has 1 fully saturated rings. The Morgan fingerprint density at radius 2 is 2.04 bits per heavy atom. The van der Waals surface area contributed by atoms with E-state index in [2.05, 4.69) is 17.1 Å². The number of nitrogens with zero attached hydrogens (tertiary/aromatic N) is 2. The van der Waals surface area contributed by atoms with E-state index in [1.165, 1.54) is 11.8 Å². The Labute approximate surface area is 153 Å². The number of thiophene rings is 1. The molecule has 0 amide bonds. The number of fused-ring (bicyclic) bond motifs is 1. The van der Waals surface area contributed by atoms with Crippen molar-refractivity contribution in [2.45, 2.75) is 28.9 Å². The Morgan fingerprint density at radius 3 is 2.64 bits per heavy atom. The molecule has 1 aromatic carbocycles. The highest BCUT2D eigenvalue weighted by Gasteiger charge is 2.45. The van der Waals surface area contributed by atoms with Crippen molar-refractivity contribution in [1.29, 1.82) is 5.26 Å². The summed E-state index contributed by atoms with van der Waals surface area (Å²) in [5.74, 6) is -0.726. The van der Waals surface area contributed by atoms with E-state index in [1.54, 1.807) is 29.7 Å². The molecule has 4 rings (SSSR count). The predicted octanol–water partition coefficient (Wildman–Crippen LogP) is 4.93. The highest BCUT2D eigenvalue weighted by atomic mass is 32.2. The van der Waals surface area contributed by atoms with Crippen molar-refractivity contribution in [3.05, 3.63) is 48.2 Å². The number of carboxylic acid groups (broad SMARTS) is 1. The van der Waals surface area contributed by atoms with Crippen molar-refractivity contribution < 1.29 is 9.90 Å². The van der Waals surface area contributed by atoms with Crippen LogP contribution in [0.5, 0.6) is 0 Å². The van der Waals surface area contributed by atoms with Crippen molar-refractivity contribution in [1.82, 2.24) is 4.98 Å². The fourth-order valence-electron chi connectivity index (χ4n) is 2.92. The number of aliphatic carboxylic acids is 1. The van der Waals surface area contributed by atoms with E-state index in [0.29, 0.717) is 18.4 Å². The standard InChI is InChI=1S/C19H14N2O2S2/c20-11-12-2-4-13(5-3-12)16-10-14-15(6-9-21-17(14)24-16)25-19(18(22)23)7-1-8-19/h2-6,9-10H,1,7-8H2,(H,22,23). The largest absolute Gasteiger partial charge is 0.480 e. The van der Waals surface area contributed by atoms with Gasteiger partial charge in [-0.3, -0.25) is 4.79 Å². The van der Waals surface area contributed by atoms with E-state index in [9.17, 15) is 9.90 Å². The summed E-state index contributed by atoms with van der Waals surface area (Å²) in [6, 6.07) is 13.6. The van der Waals surface area contributed by atoms with Crippen molar-refractivity contribution in [3.63, 3.8) is 0 Å². The van der Waals surface area contributed by atoms with Crippen LogP contribution in [0.1, 0.15) is 24.8 Å². The second-order valence-electron chi connectivity index (χ2n) is 6.08. The monoisotopic (exact) mass is 366 g/mol. The van der Waals surface area contributed by atoms with Crippen LogP contribution in [0.15, 0.2) is 47.5 Å². The zero-order valence-electron chi connectivity index (χ0n) is 13.2. The molecule has 4 nitrogen and oxygen atoms in total. The summed E-state index contributed by atoms with van der Waals surface area (Å²) in [4.78, 5) is 19.1. The number of pyridine rings is 1. The minimum atomic E-state index is -0.726. The van der Waals surface area contributed by atoms with Crippen LogP contribution in [-0.2, 0) is 4.79 Å². The van der Waals surface area contributed by atoms with Gasteiger partial charge in [-0.1, -0.05) is 12.1 Å². The zero-order chi connectivity index (χ0) is 17.4. The van der Waals surface area contributed by atoms with E-state index in [0.717, 1.165) is 32.0 Å². The van der Waals surface area contributed by atoms with Crippen molar-refractivity contribution in [3.8, 4) is 16.5 Å². The van der Waals surface area contributed by atoms with Gasteiger partial charge < -0.3 is 5.11 Å². The molecule has 3 aromatic rings. The molecule has 2 heterocycles. The lowest BCUT2D eigenvalue weighted by Crippen LogP contribution is -2.41. The lowest BCUT2D eigenvalue weighted by molar-refractivity contribution is -0.142. The molecule has 6 heteroatoms. The number of rotatable bonds is 4. The van der Waals surface area contributed by atoms with Gasteiger partial charge in [-0.2, -0.15) is 5.26 Å². The zero-order valence-corrected chi connectivity index (χ0v) is 14.9. The Kier molecular flexibility index (Phi) is 3.98. The third-order valence-electron chi connectivity index (χ3n) is 4.55. The summed E-state index contributed by atoms with van der Waals surface area (Å²) < 4.78 is -0.690. The summed E-state index contributed by atoms with van der Waals surface area (Å²) in [5, 5.41) is 19.5. The van der Waals surface area contributed by atoms with E-state index < -0.39 is 10.7 Å². The first-order valence-corrected chi connectivity index (χ1v) is 9.56. The van der Waals surface area contributed by atoms with Crippen LogP contribution in [0.3, 0.4) is 0 Å². The van der Waals surface area contributed by atoms with Gasteiger partial charge in [0.2, 0.25) is 0 Å². The smallest absolute Gasteiger partial charge is 0.320 e. The summed E-state index contributed by atoms with van der Waals surface area (Å²) in [6.45, 7) is 0. The van der Waals surface area contributed by atoms with Gasteiger partial charge in [-0.25, -0.2) is 4.98 Å². The molecule has 1 N–H and O–H groups in total. The van der Waals surface area contributed by atoms with E-state index >= 15 is 0 Å². The van der Waals surface area contributed by atoms with Crippen LogP contribution >= 0.6 is 23.1 Å². The Bertz CT molecular complexity index is 998. The van der Waals surface area contributed by atoms with E-state index in [4.69, 9.17) is 5.26 Å². The number of hydrogen-bond acceptors (Lipinski definition) is 5. The van der Waals surface area contributed by atoms with Crippen LogP contribution in [0.2, 0.25) is 0 Å². The normalized spacial score (nSPS) is 15.5. The van der Waals surface area contributed by atoms with E-state index in [-0.39, 0.29) is 0 Å². The van der Waals surface area contributed by atoms with E-state index in [1.807, 2.05) is 18.2 Å². The van der Waals surface area contributed by atoms with Crippen molar-refractivity contribution in [2.75, 3.05) is 0 Å². The first-order valence-electron chi connectivity index (χ1n) is 7.93. The van der Waals surface area contributed by atoms with Gasteiger partial charge in [0.1, 0.15) is 9.58 Å². The summed E-state index contributed by atoms with van der Waals surface area (Å²) in [6.07, 6.45) is 4.14. The number of nitriles is 1. The van der Waals surface area contributed by atoms with Gasteiger partial charge in [0.25, 0.3) is 0 Å².